The summed E-state index contributed by atoms with van der Waals surface area (Å²) < 4.78 is 17.1. The lowest BCUT2D eigenvalue weighted by atomic mass is 10.0. The van der Waals surface area contributed by atoms with Gasteiger partial charge in [-0.15, -0.1) is 0 Å². The number of hydrogen-bond donors (Lipinski definition) is 4. The third-order valence-corrected chi connectivity index (χ3v) is 5.65. The van der Waals surface area contributed by atoms with Crippen LogP contribution in [0.4, 0.5) is 21.9 Å². The average Bonchev–Trinajstić information content (AvgIpc) is 2.95. The molecule has 3 rings (SSSR count). The van der Waals surface area contributed by atoms with E-state index < -0.39 is 24.2 Å². The molecule has 5 N–H and O–H groups in total. The zero-order chi connectivity index (χ0) is 28.9. The maximum absolute atomic E-state index is 12.9. The van der Waals surface area contributed by atoms with Crippen LogP contribution in [0, 0.1) is 0 Å². The first-order valence-corrected chi connectivity index (χ1v) is 12.7. The van der Waals surface area contributed by atoms with Gasteiger partial charge in [0.05, 0.1) is 18.0 Å². The summed E-state index contributed by atoms with van der Waals surface area (Å²) in [6.45, 7) is 3.52. The van der Waals surface area contributed by atoms with Crippen LogP contribution < -0.4 is 21.1 Å². The Hall–Kier alpha value is -4.67. The van der Waals surface area contributed by atoms with Crippen LogP contribution in [0.3, 0.4) is 0 Å². The summed E-state index contributed by atoms with van der Waals surface area (Å²) in [6, 6.07) is 20.0. The second kappa shape index (κ2) is 15.1. The van der Waals surface area contributed by atoms with Crippen molar-refractivity contribution >= 4 is 34.8 Å². The van der Waals surface area contributed by atoms with E-state index in [9.17, 15) is 14.4 Å². The highest BCUT2D eigenvalue weighted by atomic mass is 16.6. The molecule has 0 aliphatic carbocycles. The number of ether oxygens (including phenoxy) is 3. The van der Waals surface area contributed by atoms with E-state index in [1.807, 2.05) is 0 Å². The second-order valence-corrected chi connectivity index (χ2v) is 8.58. The number of amides is 2. The van der Waals surface area contributed by atoms with Gasteiger partial charge in [0.2, 0.25) is 5.91 Å². The zero-order valence-electron chi connectivity index (χ0n) is 22.3. The van der Waals surface area contributed by atoms with Gasteiger partial charge in [0.25, 0.3) is 0 Å². The Morgan fingerprint density at radius 2 is 1.68 bits per heavy atom. The third-order valence-electron chi connectivity index (χ3n) is 5.65. The molecule has 10 heteroatoms. The summed E-state index contributed by atoms with van der Waals surface area (Å²) in [5, 5.41) is 14.4. The van der Waals surface area contributed by atoms with Crippen molar-refractivity contribution in [1.82, 2.24) is 0 Å². The second-order valence-electron chi connectivity index (χ2n) is 8.58. The van der Waals surface area contributed by atoms with Crippen LogP contribution in [0.1, 0.15) is 35.9 Å². The van der Waals surface area contributed by atoms with Crippen LogP contribution in [0.25, 0.3) is 0 Å². The van der Waals surface area contributed by atoms with Crippen molar-refractivity contribution in [3.05, 3.63) is 96.1 Å². The largest absolute Gasteiger partial charge is 0.491 e. The number of benzene rings is 3. The molecule has 0 radical (unpaired) electrons. The van der Waals surface area contributed by atoms with Gasteiger partial charge in [-0.3, -0.25) is 14.9 Å². The van der Waals surface area contributed by atoms with Crippen LogP contribution in [0.5, 0.6) is 5.75 Å². The van der Waals surface area contributed by atoms with Gasteiger partial charge in [0, 0.05) is 23.9 Å². The van der Waals surface area contributed by atoms with Gasteiger partial charge < -0.3 is 30.4 Å². The topological polar surface area (TPSA) is 149 Å². The smallest absolute Gasteiger partial charge is 0.412 e. The van der Waals surface area contributed by atoms with Crippen molar-refractivity contribution in [2.45, 2.75) is 26.1 Å². The monoisotopic (exact) mass is 547 g/mol. The summed E-state index contributed by atoms with van der Waals surface area (Å²) in [5.41, 5.74) is 8.32. The number of aliphatic hydroxyl groups excluding tert-OH is 1. The molecule has 0 fully saturated rings. The number of nitrogens with one attached hydrogen (secondary N) is 2. The molecule has 0 saturated carbocycles. The molecule has 0 bridgehead atoms. The number of carbonyl (C=O) groups excluding carboxylic acids is 3. The standard InChI is InChI=1S/C30H33N3O7/c1-3-38-27(16-17-28(36)33-26-7-5-4-6-25(26)31)29(22-10-14-24(15-11-22)39-19-18-34)40-30(37)32-23-12-8-21(9-13-23)20(2)35/h4-17,27,29,34H,3,18-19,31H2,1-2H3,(H,32,37)(H,33,36)/b17-16+/t27-,29-/m0/s1. The van der Waals surface area contributed by atoms with E-state index >= 15 is 0 Å². The molecule has 0 aromatic heterocycles. The molecule has 0 heterocycles. The molecule has 3 aromatic rings. The number of anilines is 3. The maximum Gasteiger partial charge on any atom is 0.412 e. The van der Waals surface area contributed by atoms with Crippen LogP contribution >= 0.6 is 0 Å². The quantitative estimate of drug-likeness (QED) is 0.136. The van der Waals surface area contributed by atoms with Crippen LogP contribution in [-0.2, 0) is 14.3 Å². The molecule has 2 atom stereocenters. The predicted octanol–water partition coefficient (Wildman–Crippen LogP) is 4.73. The van der Waals surface area contributed by atoms with Crippen molar-refractivity contribution in [3.8, 4) is 5.75 Å². The van der Waals surface area contributed by atoms with E-state index in [1.54, 1.807) is 79.7 Å². The summed E-state index contributed by atoms with van der Waals surface area (Å²) >= 11 is 0. The Bertz CT molecular complexity index is 1310. The van der Waals surface area contributed by atoms with Crippen LogP contribution in [0.15, 0.2) is 84.9 Å². The van der Waals surface area contributed by atoms with Crippen molar-refractivity contribution in [1.29, 1.82) is 0 Å². The number of carbonyl (C=O) groups is 3. The lowest BCUT2D eigenvalue weighted by molar-refractivity contribution is -0.112. The Labute approximate surface area is 232 Å². The molecular formula is C30H33N3O7. The number of rotatable bonds is 13. The number of ketones is 1. The fourth-order valence-corrected chi connectivity index (χ4v) is 3.70. The molecule has 3 aromatic carbocycles. The van der Waals surface area contributed by atoms with Crippen molar-refractivity contribution < 1.29 is 33.7 Å². The van der Waals surface area contributed by atoms with E-state index in [2.05, 4.69) is 10.6 Å². The molecule has 0 spiro atoms. The zero-order valence-corrected chi connectivity index (χ0v) is 22.3. The van der Waals surface area contributed by atoms with Crippen molar-refractivity contribution in [3.63, 3.8) is 0 Å². The number of para-hydroxylation sites is 2. The first-order chi connectivity index (χ1) is 19.3. The lowest BCUT2D eigenvalue weighted by Crippen LogP contribution is -2.28. The van der Waals surface area contributed by atoms with Gasteiger partial charge in [0.15, 0.2) is 11.9 Å². The van der Waals surface area contributed by atoms with Gasteiger partial charge >= 0.3 is 6.09 Å². The van der Waals surface area contributed by atoms with E-state index in [0.717, 1.165) is 0 Å². The first kappa shape index (κ1) is 29.9. The molecule has 10 nitrogen and oxygen atoms in total. The first-order valence-electron chi connectivity index (χ1n) is 12.7. The summed E-state index contributed by atoms with van der Waals surface area (Å²) in [6.07, 6.45) is 0.252. The van der Waals surface area contributed by atoms with E-state index in [0.29, 0.717) is 33.9 Å². The Kier molecular flexibility index (Phi) is 11.2. The fourth-order valence-electron chi connectivity index (χ4n) is 3.70. The van der Waals surface area contributed by atoms with Gasteiger partial charge in [-0.25, -0.2) is 4.79 Å². The van der Waals surface area contributed by atoms with E-state index in [1.165, 1.54) is 19.1 Å². The van der Waals surface area contributed by atoms with Crippen LogP contribution in [-0.4, -0.2) is 48.8 Å². The Morgan fingerprint density at radius 1 is 0.975 bits per heavy atom. The third kappa shape index (κ3) is 8.97. The summed E-state index contributed by atoms with van der Waals surface area (Å²) in [5.74, 6) is -0.00931. The Morgan fingerprint density at radius 3 is 2.30 bits per heavy atom. The Balaban J connectivity index is 1.82. The van der Waals surface area contributed by atoms with Crippen molar-refractivity contribution in [2.24, 2.45) is 0 Å². The predicted molar refractivity (Wildman–Crippen MR) is 152 cm³/mol. The minimum Gasteiger partial charge on any atom is -0.491 e. The van der Waals surface area contributed by atoms with E-state index in [-0.39, 0.29) is 25.6 Å². The molecule has 0 aliphatic rings. The average molecular weight is 548 g/mol. The minimum atomic E-state index is -0.950. The van der Waals surface area contributed by atoms with Crippen molar-refractivity contribution in [2.75, 3.05) is 36.2 Å². The number of nitrogens with two attached hydrogens (primary N) is 1. The molecule has 40 heavy (non-hydrogen) atoms. The molecule has 210 valence electrons. The highest BCUT2D eigenvalue weighted by molar-refractivity contribution is 6.01. The summed E-state index contributed by atoms with van der Waals surface area (Å²) in [7, 11) is 0. The van der Waals surface area contributed by atoms with Gasteiger partial charge in [-0.05, 0) is 74.0 Å². The van der Waals surface area contributed by atoms with E-state index in [4.69, 9.17) is 25.1 Å². The summed E-state index contributed by atoms with van der Waals surface area (Å²) in [4.78, 5) is 37.1. The molecule has 0 aliphatic heterocycles. The number of hydrogen-bond acceptors (Lipinski definition) is 8. The minimum absolute atomic E-state index is 0.0917. The van der Waals surface area contributed by atoms with Gasteiger partial charge in [0.1, 0.15) is 18.5 Å². The van der Waals surface area contributed by atoms with Gasteiger partial charge in [-0.2, -0.15) is 0 Å². The maximum atomic E-state index is 12.9. The highest BCUT2D eigenvalue weighted by Gasteiger charge is 2.27. The normalized spacial score (nSPS) is 12.4. The SMILES string of the molecule is CCO[C@@H](/C=C/C(=O)Nc1ccccc1N)[C@@H](OC(=O)Nc1ccc(C(C)=O)cc1)c1ccc(OCCO)cc1. The molecule has 2 amide bonds. The highest BCUT2D eigenvalue weighted by Crippen LogP contribution is 2.28. The molecular weight excluding hydrogens is 514 g/mol. The number of nitrogen functional groups attached to an aromatic ring is 1. The molecule has 0 unspecified atom stereocenters. The molecule has 0 saturated heterocycles. The number of aliphatic hydroxyl groups is 1. The number of Topliss-reactive ketones (excluding diaryl/α,β-unsaturated/α-hetero) is 1. The fraction of sp³-hybridized carbons (Fsp3) is 0.233. The van der Waals surface area contributed by atoms with Gasteiger partial charge in [-0.1, -0.05) is 24.3 Å². The van der Waals surface area contributed by atoms with Crippen LogP contribution in [0.2, 0.25) is 0 Å². The lowest BCUT2D eigenvalue weighted by Gasteiger charge is -2.25.